The quantitative estimate of drug-likeness (QED) is 0.601. The smallest absolute Gasteiger partial charge is 0.251 e. The van der Waals surface area contributed by atoms with Crippen LogP contribution in [0, 0.1) is 5.92 Å². The van der Waals surface area contributed by atoms with Gasteiger partial charge in [-0.25, -0.2) is 13.6 Å². The number of hydrogen-bond donors (Lipinski definition) is 3. The number of carbonyl (C=O) groups excluding carboxylic acids is 1. The number of nitrogens with two attached hydrogens (primary N) is 1. The number of primary sulfonamides is 1. The zero-order chi connectivity index (χ0) is 20.6. The van der Waals surface area contributed by atoms with E-state index in [1.54, 1.807) is 24.3 Å². The fourth-order valence-electron chi connectivity index (χ4n) is 4.00. The normalized spacial score (nSPS) is 16.6. The monoisotopic (exact) mass is 411 g/mol. The Morgan fingerprint density at radius 1 is 1.17 bits per heavy atom. The number of rotatable bonds is 5. The summed E-state index contributed by atoms with van der Waals surface area (Å²) in [6.45, 7) is 2.64. The van der Waals surface area contributed by atoms with Crippen LogP contribution < -0.4 is 10.5 Å². The molecule has 0 unspecified atom stereocenters. The Morgan fingerprint density at radius 3 is 2.62 bits per heavy atom. The van der Waals surface area contributed by atoms with Gasteiger partial charge in [0.2, 0.25) is 10.0 Å². The van der Waals surface area contributed by atoms with Crippen LogP contribution in [0.15, 0.2) is 42.5 Å². The Kier molecular flexibility index (Phi) is 5.19. The first kappa shape index (κ1) is 19.7. The molecule has 0 aliphatic heterocycles. The molecule has 4 N–H and O–H groups in total. The number of benzene rings is 2. The van der Waals surface area contributed by atoms with Crippen molar-refractivity contribution in [1.29, 1.82) is 0 Å². The van der Waals surface area contributed by atoms with Crippen molar-refractivity contribution in [3.05, 3.63) is 70.4 Å². The van der Waals surface area contributed by atoms with Gasteiger partial charge in [0.15, 0.2) is 0 Å². The summed E-state index contributed by atoms with van der Waals surface area (Å²) in [6, 6.07) is 12.8. The number of nitrogens with one attached hydrogen (secondary N) is 2. The second-order valence-electron chi connectivity index (χ2n) is 8.00. The highest BCUT2D eigenvalue weighted by atomic mass is 32.2. The molecule has 7 heteroatoms. The Morgan fingerprint density at radius 2 is 1.90 bits per heavy atom. The van der Waals surface area contributed by atoms with E-state index in [0.717, 1.165) is 29.3 Å². The lowest BCUT2D eigenvalue weighted by molar-refractivity contribution is 0.0951. The summed E-state index contributed by atoms with van der Waals surface area (Å²) in [7, 11) is -3.55. The fraction of sp³-hybridized carbons (Fsp3) is 0.318. The van der Waals surface area contributed by atoms with E-state index < -0.39 is 10.0 Å². The molecule has 0 saturated heterocycles. The van der Waals surface area contributed by atoms with E-state index in [9.17, 15) is 13.2 Å². The van der Waals surface area contributed by atoms with E-state index in [-0.39, 0.29) is 11.7 Å². The van der Waals surface area contributed by atoms with Crippen LogP contribution in [0.2, 0.25) is 0 Å². The van der Waals surface area contributed by atoms with Gasteiger partial charge in [0, 0.05) is 28.7 Å². The number of aromatic amines is 1. The third kappa shape index (κ3) is 4.52. The van der Waals surface area contributed by atoms with Gasteiger partial charge < -0.3 is 10.3 Å². The molecule has 1 aliphatic rings. The van der Waals surface area contributed by atoms with Crippen molar-refractivity contribution in [1.82, 2.24) is 10.3 Å². The predicted octanol–water partition coefficient (Wildman–Crippen LogP) is 3.01. The van der Waals surface area contributed by atoms with Crippen molar-refractivity contribution >= 4 is 26.8 Å². The topological polar surface area (TPSA) is 105 Å². The molecule has 0 saturated carbocycles. The van der Waals surface area contributed by atoms with Gasteiger partial charge in [-0.15, -0.1) is 0 Å². The summed E-state index contributed by atoms with van der Waals surface area (Å²) >= 11 is 0. The van der Waals surface area contributed by atoms with Crippen LogP contribution in [0.5, 0.6) is 0 Å². The molecule has 6 nitrogen and oxygen atoms in total. The summed E-state index contributed by atoms with van der Waals surface area (Å²) in [5.74, 6) is 0.342. The second-order valence-corrected chi connectivity index (χ2v) is 9.61. The van der Waals surface area contributed by atoms with Gasteiger partial charge in [-0.1, -0.05) is 31.2 Å². The van der Waals surface area contributed by atoms with Gasteiger partial charge in [-0.2, -0.15) is 0 Å². The maximum Gasteiger partial charge on any atom is 0.251 e. The van der Waals surface area contributed by atoms with Gasteiger partial charge in [0.1, 0.15) is 0 Å². The number of hydrogen-bond acceptors (Lipinski definition) is 3. The number of aryl methyl sites for hydroxylation is 1. The second kappa shape index (κ2) is 7.65. The Bertz CT molecular complexity index is 1160. The van der Waals surface area contributed by atoms with Crippen LogP contribution in [-0.2, 0) is 35.2 Å². The minimum Gasteiger partial charge on any atom is -0.358 e. The Hall–Kier alpha value is -2.64. The summed E-state index contributed by atoms with van der Waals surface area (Å²) < 4.78 is 22.3. The summed E-state index contributed by atoms with van der Waals surface area (Å²) in [5.41, 5.74) is 5.90. The molecule has 0 radical (unpaired) electrons. The fourth-order valence-corrected chi connectivity index (χ4v) is 4.66. The van der Waals surface area contributed by atoms with E-state index >= 15 is 0 Å². The molecule has 0 fully saturated rings. The third-order valence-corrected chi connectivity index (χ3v) is 6.28. The first-order valence-corrected chi connectivity index (χ1v) is 11.5. The molecule has 1 amide bonds. The molecule has 29 heavy (non-hydrogen) atoms. The van der Waals surface area contributed by atoms with Crippen molar-refractivity contribution in [2.75, 3.05) is 0 Å². The third-order valence-electron chi connectivity index (χ3n) is 5.54. The van der Waals surface area contributed by atoms with Gasteiger partial charge >= 0.3 is 0 Å². The van der Waals surface area contributed by atoms with Gasteiger partial charge in [-0.3, -0.25) is 4.79 Å². The highest BCUT2D eigenvalue weighted by Crippen LogP contribution is 2.32. The maximum atomic E-state index is 12.7. The number of H-pyrrole nitrogens is 1. The van der Waals surface area contributed by atoms with E-state index in [1.165, 1.54) is 17.7 Å². The average molecular weight is 412 g/mol. The number of aromatic nitrogens is 1. The maximum absolute atomic E-state index is 12.7. The van der Waals surface area contributed by atoms with E-state index in [2.05, 4.69) is 17.2 Å². The minimum absolute atomic E-state index is 0.126. The molecule has 2 aromatic carbocycles. The number of amides is 1. The predicted molar refractivity (Wildman–Crippen MR) is 114 cm³/mol. The van der Waals surface area contributed by atoms with Gasteiger partial charge in [0.25, 0.3) is 5.91 Å². The molecular formula is C22H25N3O3S. The molecule has 1 heterocycles. The van der Waals surface area contributed by atoms with E-state index in [0.29, 0.717) is 23.6 Å². The average Bonchev–Trinajstić information content (AvgIpc) is 3.03. The van der Waals surface area contributed by atoms with Crippen LogP contribution >= 0.6 is 0 Å². The van der Waals surface area contributed by atoms with Crippen molar-refractivity contribution in [3.8, 4) is 0 Å². The molecule has 152 valence electrons. The first-order chi connectivity index (χ1) is 13.8. The zero-order valence-corrected chi connectivity index (χ0v) is 17.2. The van der Waals surface area contributed by atoms with E-state index in [4.69, 9.17) is 5.14 Å². The van der Waals surface area contributed by atoms with Crippen LogP contribution in [0.25, 0.3) is 10.9 Å². The lowest BCUT2D eigenvalue weighted by Gasteiger charge is -2.18. The SMILES string of the molecule is C[C@H]1CCc2[nH]c3ccc(C(=O)NCc4ccc(CS(N)(=O)=O)cc4)cc3c2C1. The lowest BCUT2D eigenvalue weighted by Crippen LogP contribution is -2.22. The molecule has 3 aromatic rings. The summed E-state index contributed by atoms with van der Waals surface area (Å²) in [6.07, 6.45) is 3.31. The molecular weight excluding hydrogens is 386 g/mol. The standard InChI is InChI=1S/C22H25N3O3S/c1-14-2-8-20-18(10-14)19-11-17(7-9-21(19)25-20)22(26)24-12-15-3-5-16(6-4-15)13-29(23,27)28/h3-7,9,11,14,25H,2,8,10,12-13H2,1H3,(H,24,26)(H2,23,27,28)/t14-/m0/s1. The molecule has 0 spiro atoms. The van der Waals surface area contributed by atoms with Crippen molar-refractivity contribution in [2.24, 2.45) is 11.1 Å². The molecule has 0 bridgehead atoms. The van der Waals surface area contributed by atoms with Crippen LogP contribution in [0.3, 0.4) is 0 Å². The van der Waals surface area contributed by atoms with Crippen molar-refractivity contribution in [3.63, 3.8) is 0 Å². The summed E-state index contributed by atoms with van der Waals surface area (Å²) in [5, 5.41) is 9.14. The lowest BCUT2D eigenvalue weighted by atomic mass is 9.87. The van der Waals surface area contributed by atoms with E-state index in [1.807, 2.05) is 18.2 Å². The largest absolute Gasteiger partial charge is 0.358 e. The van der Waals surface area contributed by atoms with Crippen LogP contribution in [0.4, 0.5) is 0 Å². The minimum atomic E-state index is -3.55. The summed E-state index contributed by atoms with van der Waals surface area (Å²) in [4.78, 5) is 16.2. The zero-order valence-electron chi connectivity index (χ0n) is 16.4. The van der Waals surface area contributed by atoms with Crippen molar-refractivity contribution in [2.45, 2.75) is 38.5 Å². The van der Waals surface area contributed by atoms with Gasteiger partial charge in [-0.05, 0) is 60.1 Å². The Labute approximate surface area is 170 Å². The molecule has 1 aliphatic carbocycles. The van der Waals surface area contributed by atoms with Crippen molar-refractivity contribution < 1.29 is 13.2 Å². The molecule has 4 rings (SSSR count). The number of sulfonamides is 1. The first-order valence-electron chi connectivity index (χ1n) is 9.78. The number of fused-ring (bicyclic) bond motifs is 3. The Balaban J connectivity index is 1.46. The van der Waals surface area contributed by atoms with Gasteiger partial charge in [0.05, 0.1) is 5.75 Å². The highest BCUT2D eigenvalue weighted by molar-refractivity contribution is 7.88. The highest BCUT2D eigenvalue weighted by Gasteiger charge is 2.20. The van der Waals surface area contributed by atoms with Crippen LogP contribution in [0.1, 0.15) is 46.1 Å². The molecule has 1 atom stereocenters. The van der Waals surface area contributed by atoms with Crippen LogP contribution in [-0.4, -0.2) is 19.3 Å². The molecule has 1 aromatic heterocycles. The number of carbonyl (C=O) groups is 1.